The lowest BCUT2D eigenvalue weighted by molar-refractivity contribution is 0.156. The molecule has 1 heteroatoms. The van der Waals surface area contributed by atoms with Gasteiger partial charge in [0.25, 0.3) is 0 Å². The van der Waals surface area contributed by atoms with Crippen LogP contribution in [0.25, 0.3) is 0 Å². The molecule has 0 fully saturated rings. The highest BCUT2D eigenvalue weighted by molar-refractivity contribution is 5.10. The Morgan fingerprint density at radius 1 is 0.789 bits per heavy atom. The van der Waals surface area contributed by atoms with Crippen molar-refractivity contribution in [2.24, 2.45) is 0 Å². The highest BCUT2D eigenvalue weighted by atomic mass is 16.3. The van der Waals surface area contributed by atoms with E-state index in [2.05, 4.69) is 43.4 Å². The Morgan fingerprint density at radius 3 is 2.00 bits per heavy atom. The molecule has 0 aromatic carbocycles. The number of rotatable bonds is 12. The molecule has 1 unspecified atom stereocenters. The molecule has 19 heavy (non-hydrogen) atoms. The quantitative estimate of drug-likeness (QED) is 0.361. The van der Waals surface area contributed by atoms with Gasteiger partial charge in [-0.3, -0.25) is 0 Å². The molecule has 0 heterocycles. The van der Waals surface area contributed by atoms with Gasteiger partial charge in [-0.05, 0) is 32.1 Å². The molecular formula is C18H32O. The lowest BCUT2D eigenvalue weighted by atomic mass is 10.1. The highest BCUT2D eigenvalue weighted by Crippen LogP contribution is 2.08. The zero-order valence-electron chi connectivity index (χ0n) is 12.9. The van der Waals surface area contributed by atoms with Crippen molar-refractivity contribution in [2.75, 3.05) is 0 Å². The summed E-state index contributed by atoms with van der Waals surface area (Å²) in [6, 6.07) is 0. The smallest absolute Gasteiger partial charge is 0.0537 e. The zero-order chi connectivity index (χ0) is 14.2. The Morgan fingerprint density at radius 2 is 1.42 bits per heavy atom. The summed E-state index contributed by atoms with van der Waals surface area (Å²) in [5.41, 5.74) is 0. The molecule has 1 nitrogen and oxygen atoms in total. The van der Waals surface area contributed by atoms with E-state index >= 15 is 0 Å². The van der Waals surface area contributed by atoms with Crippen molar-refractivity contribution in [1.82, 2.24) is 0 Å². The van der Waals surface area contributed by atoms with E-state index in [1.54, 1.807) is 0 Å². The third-order valence-corrected chi connectivity index (χ3v) is 3.21. The van der Waals surface area contributed by atoms with Crippen LogP contribution in [-0.2, 0) is 0 Å². The van der Waals surface area contributed by atoms with Crippen LogP contribution in [0.15, 0.2) is 36.5 Å². The maximum absolute atomic E-state index is 9.41. The van der Waals surface area contributed by atoms with Crippen LogP contribution in [-0.4, -0.2) is 11.2 Å². The molecule has 0 aliphatic rings. The Balaban J connectivity index is 3.34. The van der Waals surface area contributed by atoms with E-state index in [4.69, 9.17) is 0 Å². The number of aliphatic hydroxyl groups is 1. The van der Waals surface area contributed by atoms with Gasteiger partial charge in [0.05, 0.1) is 6.10 Å². The molecule has 110 valence electrons. The van der Waals surface area contributed by atoms with Gasteiger partial charge in [-0.2, -0.15) is 0 Å². The molecule has 0 saturated carbocycles. The average Bonchev–Trinajstić information content (AvgIpc) is 2.43. The average molecular weight is 264 g/mol. The highest BCUT2D eigenvalue weighted by Gasteiger charge is 1.98. The Labute approximate surface area is 120 Å². The van der Waals surface area contributed by atoms with E-state index in [1.807, 2.05) is 6.92 Å². The van der Waals surface area contributed by atoms with E-state index in [1.165, 1.54) is 32.1 Å². The van der Waals surface area contributed by atoms with Crippen LogP contribution in [0, 0.1) is 0 Å². The lowest BCUT2D eigenvalue weighted by Gasteiger charge is -2.05. The number of aliphatic hydroxyl groups excluding tert-OH is 1. The first-order valence-electron chi connectivity index (χ1n) is 7.97. The summed E-state index contributed by atoms with van der Waals surface area (Å²) in [4.78, 5) is 0. The van der Waals surface area contributed by atoms with Crippen LogP contribution in [0.5, 0.6) is 0 Å². The van der Waals surface area contributed by atoms with Crippen LogP contribution in [0.4, 0.5) is 0 Å². The summed E-state index contributed by atoms with van der Waals surface area (Å²) in [6.45, 7) is 4.26. The van der Waals surface area contributed by atoms with Crippen molar-refractivity contribution in [3.63, 3.8) is 0 Å². The minimum atomic E-state index is -0.0852. The van der Waals surface area contributed by atoms with Gasteiger partial charge in [-0.25, -0.2) is 0 Å². The number of hydrogen-bond donors (Lipinski definition) is 1. The maximum atomic E-state index is 9.41. The molecule has 1 atom stereocenters. The molecular weight excluding hydrogens is 232 g/mol. The molecule has 0 amide bonds. The maximum Gasteiger partial charge on any atom is 0.0537 e. The van der Waals surface area contributed by atoms with Gasteiger partial charge in [-0.1, -0.05) is 76.0 Å². The second-order valence-electron chi connectivity index (χ2n) is 5.08. The SMILES string of the molecule is CCCCC=CC=CC=CCCCCCC(O)CC. The van der Waals surface area contributed by atoms with E-state index < -0.39 is 0 Å². The third kappa shape index (κ3) is 15.1. The molecule has 0 bridgehead atoms. The molecule has 1 N–H and O–H groups in total. The molecule has 0 aliphatic carbocycles. The second-order valence-corrected chi connectivity index (χ2v) is 5.08. The van der Waals surface area contributed by atoms with Crippen LogP contribution in [0.2, 0.25) is 0 Å². The molecule has 0 radical (unpaired) electrons. The van der Waals surface area contributed by atoms with Gasteiger partial charge < -0.3 is 5.11 Å². The first kappa shape index (κ1) is 18.2. The largest absolute Gasteiger partial charge is 0.393 e. The van der Waals surface area contributed by atoms with E-state index in [9.17, 15) is 5.11 Å². The summed E-state index contributed by atoms with van der Waals surface area (Å²) in [7, 11) is 0. The monoisotopic (exact) mass is 264 g/mol. The normalized spacial score (nSPS) is 14.1. The summed E-state index contributed by atoms with van der Waals surface area (Å²) in [5.74, 6) is 0. The van der Waals surface area contributed by atoms with Gasteiger partial charge in [0.15, 0.2) is 0 Å². The first-order chi connectivity index (χ1) is 9.31. The Hall–Kier alpha value is -0.820. The van der Waals surface area contributed by atoms with Crippen molar-refractivity contribution in [3.8, 4) is 0 Å². The Bertz CT molecular complexity index is 250. The Kier molecular flexibility index (Phi) is 14.6. The van der Waals surface area contributed by atoms with Gasteiger partial charge in [0.2, 0.25) is 0 Å². The van der Waals surface area contributed by atoms with Crippen molar-refractivity contribution >= 4 is 0 Å². The van der Waals surface area contributed by atoms with Crippen LogP contribution < -0.4 is 0 Å². The molecule has 0 rings (SSSR count). The van der Waals surface area contributed by atoms with Gasteiger partial charge in [-0.15, -0.1) is 0 Å². The lowest BCUT2D eigenvalue weighted by Crippen LogP contribution is -2.03. The number of hydrogen-bond acceptors (Lipinski definition) is 1. The summed E-state index contributed by atoms with van der Waals surface area (Å²) in [6.07, 6.45) is 23.2. The van der Waals surface area contributed by atoms with Crippen LogP contribution in [0.1, 0.15) is 71.6 Å². The van der Waals surface area contributed by atoms with Gasteiger partial charge in [0, 0.05) is 0 Å². The summed E-state index contributed by atoms with van der Waals surface area (Å²) < 4.78 is 0. The fourth-order valence-corrected chi connectivity index (χ4v) is 1.82. The van der Waals surface area contributed by atoms with Crippen LogP contribution in [0.3, 0.4) is 0 Å². The van der Waals surface area contributed by atoms with E-state index in [0.29, 0.717) is 0 Å². The zero-order valence-corrected chi connectivity index (χ0v) is 12.9. The topological polar surface area (TPSA) is 20.2 Å². The summed E-state index contributed by atoms with van der Waals surface area (Å²) in [5, 5.41) is 9.41. The minimum Gasteiger partial charge on any atom is -0.393 e. The number of allylic oxidation sites excluding steroid dienone is 6. The fraction of sp³-hybridized carbons (Fsp3) is 0.667. The number of unbranched alkanes of at least 4 members (excludes halogenated alkanes) is 5. The second kappa shape index (κ2) is 15.2. The van der Waals surface area contributed by atoms with Crippen molar-refractivity contribution < 1.29 is 5.11 Å². The molecule has 0 saturated heterocycles. The van der Waals surface area contributed by atoms with Gasteiger partial charge in [0.1, 0.15) is 0 Å². The van der Waals surface area contributed by atoms with Crippen molar-refractivity contribution in [2.45, 2.75) is 77.7 Å². The first-order valence-corrected chi connectivity index (χ1v) is 7.97. The molecule has 0 aliphatic heterocycles. The molecule has 0 aromatic heterocycles. The van der Waals surface area contributed by atoms with E-state index in [-0.39, 0.29) is 6.10 Å². The minimum absolute atomic E-state index is 0.0852. The van der Waals surface area contributed by atoms with Gasteiger partial charge >= 0.3 is 0 Å². The third-order valence-electron chi connectivity index (χ3n) is 3.21. The molecule has 0 spiro atoms. The van der Waals surface area contributed by atoms with Crippen molar-refractivity contribution in [1.29, 1.82) is 0 Å². The molecule has 0 aromatic rings. The van der Waals surface area contributed by atoms with E-state index in [0.717, 1.165) is 25.7 Å². The predicted molar refractivity (Wildman–Crippen MR) is 86.3 cm³/mol. The predicted octanol–water partition coefficient (Wildman–Crippen LogP) is 5.57. The fourth-order valence-electron chi connectivity index (χ4n) is 1.82. The summed E-state index contributed by atoms with van der Waals surface area (Å²) >= 11 is 0. The van der Waals surface area contributed by atoms with Crippen LogP contribution >= 0.6 is 0 Å². The standard InChI is InChI=1S/C18H32O/c1-3-5-6-7-8-9-10-11-12-13-14-15-16-17-18(19)4-2/h7-12,18-19H,3-6,13-17H2,1-2H3. The van der Waals surface area contributed by atoms with Crippen molar-refractivity contribution in [3.05, 3.63) is 36.5 Å².